The maximum Gasteiger partial charge on any atom is 0.404 e. The first kappa shape index (κ1) is 28.2. The third-order valence-corrected chi connectivity index (χ3v) is 8.18. The van der Waals surface area contributed by atoms with Gasteiger partial charge in [-0.2, -0.15) is 0 Å². The average Bonchev–Trinajstić information content (AvgIpc) is 3.33. The lowest BCUT2D eigenvalue weighted by Gasteiger charge is -2.44. The van der Waals surface area contributed by atoms with Gasteiger partial charge in [-0.3, -0.25) is 4.79 Å². The number of likely N-dealkylation sites (tertiary alicyclic amines) is 1. The van der Waals surface area contributed by atoms with Gasteiger partial charge in [0.05, 0.1) is 10.6 Å². The molecule has 1 aliphatic heterocycles. The first-order valence-electron chi connectivity index (χ1n) is 13.4. The predicted octanol–water partition coefficient (Wildman–Crippen LogP) is 5.04. The SMILES string of the molecule is Cc1cccc(Oc2c(Cl)cccc2C(O)(CCCNC(=O)O)[C@@H]2CCCN(C(=O)[C@@H]3CC[C@H](N)C3)C2)c1. The summed E-state index contributed by atoms with van der Waals surface area (Å²) in [5, 5.41) is 24.2. The Hall–Kier alpha value is -2.81. The molecule has 1 saturated heterocycles. The van der Waals surface area contributed by atoms with Crippen LogP contribution in [-0.2, 0) is 10.4 Å². The van der Waals surface area contributed by atoms with E-state index in [1.165, 1.54) is 0 Å². The predicted molar refractivity (Wildman–Crippen MR) is 146 cm³/mol. The summed E-state index contributed by atoms with van der Waals surface area (Å²) in [4.78, 5) is 26.3. The van der Waals surface area contributed by atoms with Gasteiger partial charge in [0, 0.05) is 43.1 Å². The highest BCUT2D eigenvalue weighted by atomic mass is 35.5. The van der Waals surface area contributed by atoms with Crippen LogP contribution in [0, 0.1) is 18.8 Å². The third kappa shape index (κ3) is 6.60. The number of nitrogens with two attached hydrogens (primary N) is 1. The van der Waals surface area contributed by atoms with Crippen molar-refractivity contribution in [1.29, 1.82) is 0 Å². The van der Waals surface area contributed by atoms with Crippen molar-refractivity contribution in [2.45, 2.75) is 63.5 Å². The number of carbonyl (C=O) groups excluding carboxylic acids is 1. The summed E-state index contributed by atoms with van der Waals surface area (Å²) in [5.41, 5.74) is 6.25. The zero-order valence-electron chi connectivity index (χ0n) is 21.9. The quantitative estimate of drug-likeness (QED) is 0.328. The number of aliphatic hydroxyl groups is 1. The molecule has 0 radical (unpaired) electrons. The lowest BCUT2D eigenvalue weighted by atomic mass is 9.73. The number of carbonyl (C=O) groups is 2. The maximum absolute atomic E-state index is 13.4. The van der Waals surface area contributed by atoms with Crippen LogP contribution < -0.4 is 15.8 Å². The minimum Gasteiger partial charge on any atom is -0.465 e. The molecule has 0 bridgehead atoms. The number of carboxylic acid groups (broad SMARTS) is 1. The van der Waals surface area contributed by atoms with E-state index in [2.05, 4.69) is 5.32 Å². The summed E-state index contributed by atoms with van der Waals surface area (Å²) in [5.74, 6) is 0.743. The van der Waals surface area contributed by atoms with Gasteiger partial charge in [0.15, 0.2) is 5.75 Å². The normalized spacial score (nSPS) is 23.1. The van der Waals surface area contributed by atoms with Crippen molar-refractivity contribution in [2.75, 3.05) is 19.6 Å². The second-order valence-corrected chi connectivity index (χ2v) is 11.1. The van der Waals surface area contributed by atoms with Crippen molar-refractivity contribution < 1.29 is 24.5 Å². The van der Waals surface area contributed by atoms with E-state index in [0.717, 1.165) is 24.8 Å². The summed E-state index contributed by atoms with van der Waals surface area (Å²) in [6.07, 6.45) is 3.41. The van der Waals surface area contributed by atoms with Crippen molar-refractivity contribution in [3.63, 3.8) is 0 Å². The van der Waals surface area contributed by atoms with Crippen molar-refractivity contribution in [3.05, 3.63) is 58.6 Å². The number of piperidine rings is 1. The molecule has 1 heterocycles. The molecule has 1 aliphatic carbocycles. The van der Waals surface area contributed by atoms with E-state index < -0.39 is 11.7 Å². The standard InChI is InChI=1S/C29H38ClN3O5/c1-19-6-2-8-23(16-19)38-26-24(9-3-10-25(26)30)29(37,13-5-14-32-28(35)36)21-7-4-15-33(18-21)27(34)20-11-12-22(31)17-20/h2-3,6,8-10,16,20-22,32,37H,4-5,7,11-15,17-18,31H2,1H3,(H,35,36)/t20-,21-,22+,29?/m1/s1. The Bertz CT molecular complexity index is 1140. The van der Waals surface area contributed by atoms with Gasteiger partial charge in [-0.15, -0.1) is 0 Å². The van der Waals surface area contributed by atoms with Gasteiger partial charge in [-0.25, -0.2) is 4.79 Å². The fourth-order valence-corrected chi connectivity index (χ4v) is 6.14. The number of hydrogen-bond acceptors (Lipinski definition) is 5. The summed E-state index contributed by atoms with van der Waals surface area (Å²) in [6.45, 7) is 3.22. The number of amides is 2. The Balaban J connectivity index is 1.65. The maximum atomic E-state index is 13.4. The monoisotopic (exact) mass is 543 g/mol. The van der Waals surface area contributed by atoms with Crippen LogP contribution in [0.3, 0.4) is 0 Å². The second kappa shape index (κ2) is 12.4. The molecule has 2 aliphatic rings. The summed E-state index contributed by atoms with van der Waals surface area (Å²) in [7, 11) is 0. The first-order chi connectivity index (χ1) is 18.2. The molecule has 8 nitrogen and oxygen atoms in total. The molecule has 1 saturated carbocycles. The smallest absolute Gasteiger partial charge is 0.404 e. The number of para-hydroxylation sites is 1. The topological polar surface area (TPSA) is 125 Å². The summed E-state index contributed by atoms with van der Waals surface area (Å²) in [6, 6.07) is 13.0. The fraction of sp³-hybridized carbons (Fsp3) is 0.517. The average molecular weight is 544 g/mol. The highest BCUT2D eigenvalue weighted by molar-refractivity contribution is 6.32. The number of halogens is 1. The molecule has 206 valence electrons. The number of hydrogen-bond donors (Lipinski definition) is 4. The fourth-order valence-electron chi connectivity index (χ4n) is 5.93. The van der Waals surface area contributed by atoms with Gasteiger partial charge < -0.3 is 30.9 Å². The van der Waals surface area contributed by atoms with Crippen molar-refractivity contribution >= 4 is 23.6 Å². The molecular weight excluding hydrogens is 506 g/mol. The molecule has 5 N–H and O–H groups in total. The molecule has 9 heteroatoms. The number of benzene rings is 2. The molecule has 38 heavy (non-hydrogen) atoms. The Kier molecular flexibility index (Phi) is 9.18. The van der Waals surface area contributed by atoms with Gasteiger partial charge in [0.1, 0.15) is 5.75 Å². The molecule has 2 aromatic carbocycles. The molecule has 4 atom stereocenters. The molecule has 4 rings (SSSR count). The third-order valence-electron chi connectivity index (χ3n) is 7.88. The Morgan fingerprint density at radius 2 is 2.00 bits per heavy atom. The van der Waals surface area contributed by atoms with Crippen LogP contribution in [0.2, 0.25) is 5.02 Å². The lowest BCUT2D eigenvalue weighted by molar-refractivity contribution is -0.141. The Morgan fingerprint density at radius 1 is 1.21 bits per heavy atom. The highest BCUT2D eigenvalue weighted by Crippen LogP contribution is 2.46. The van der Waals surface area contributed by atoms with Crippen molar-refractivity contribution in [3.8, 4) is 11.5 Å². The molecule has 0 spiro atoms. The largest absolute Gasteiger partial charge is 0.465 e. The molecule has 2 aromatic rings. The van der Waals surface area contributed by atoms with E-state index in [4.69, 9.17) is 27.2 Å². The van der Waals surface area contributed by atoms with Crippen molar-refractivity contribution in [1.82, 2.24) is 10.2 Å². The van der Waals surface area contributed by atoms with E-state index in [1.807, 2.05) is 42.2 Å². The summed E-state index contributed by atoms with van der Waals surface area (Å²) >= 11 is 6.64. The molecule has 0 aromatic heterocycles. The van der Waals surface area contributed by atoms with E-state index >= 15 is 0 Å². The van der Waals surface area contributed by atoms with Gasteiger partial charge in [-0.05, 0) is 75.6 Å². The number of ether oxygens (including phenoxy) is 1. The first-order valence-corrected chi connectivity index (χ1v) is 13.8. The van der Waals surface area contributed by atoms with Crippen LogP contribution in [-0.4, -0.2) is 52.8 Å². The van der Waals surface area contributed by atoms with Crippen LogP contribution >= 0.6 is 11.6 Å². The van der Waals surface area contributed by atoms with Crippen LogP contribution in [0.25, 0.3) is 0 Å². The molecular formula is C29H38ClN3O5. The van der Waals surface area contributed by atoms with Gasteiger partial charge in [0.25, 0.3) is 0 Å². The zero-order valence-corrected chi connectivity index (χ0v) is 22.6. The van der Waals surface area contributed by atoms with Crippen LogP contribution in [0.1, 0.15) is 56.1 Å². The number of aryl methyl sites for hydroxylation is 1. The van der Waals surface area contributed by atoms with Gasteiger partial charge in [-0.1, -0.05) is 35.9 Å². The number of nitrogens with zero attached hydrogens (tertiary/aromatic N) is 1. The summed E-state index contributed by atoms with van der Waals surface area (Å²) < 4.78 is 6.27. The Morgan fingerprint density at radius 3 is 2.71 bits per heavy atom. The number of rotatable bonds is 9. The molecule has 2 fully saturated rings. The minimum atomic E-state index is -1.39. The molecule has 2 amide bonds. The highest BCUT2D eigenvalue weighted by Gasteiger charge is 2.44. The van der Waals surface area contributed by atoms with Crippen molar-refractivity contribution in [2.24, 2.45) is 17.6 Å². The van der Waals surface area contributed by atoms with Crippen LogP contribution in [0.4, 0.5) is 4.79 Å². The van der Waals surface area contributed by atoms with E-state index in [9.17, 15) is 14.7 Å². The second-order valence-electron chi connectivity index (χ2n) is 10.7. The lowest BCUT2D eigenvalue weighted by Crippen LogP contribution is -2.49. The Labute approximate surface area is 229 Å². The van der Waals surface area contributed by atoms with Crippen LogP contribution in [0.15, 0.2) is 42.5 Å². The zero-order chi connectivity index (χ0) is 27.3. The van der Waals surface area contributed by atoms with Gasteiger partial charge in [0.2, 0.25) is 5.91 Å². The number of nitrogens with one attached hydrogen (secondary N) is 1. The molecule has 1 unspecified atom stereocenters. The minimum absolute atomic E-state index is 0.0657. The van der Waals surface area contributed by atoms with E-state index in [-0.39, 0.29) is 36.8 Å². The van der Waals surface area contributed by atoms with E-state index in [1.54, 1.807) is 12.1 Å². The van der Waals surface area contributed by atoms with E-state index in [0.29, 0.717) is 54.4 Å². The van der Waals surface area contributed by atoms with Gasteiger partial charge >= 0.3 is 6.09 Å². The van der Waals surface area contributed by atoms with Crippen LogP contribution in [0.5, 0.6) is 11.5 Å².